The maximum atomic E-state index is 12.0. The molecule has 0 bridgehead atoms. The molecule has 2 N–H and O–H groups in total. The first-order valence-corrected chi connectivity index (χ1v) is 9.68. The first-order chi connectivity index (χ1) is 12.5. The second-order valence-electron chi connectivity index (χ2n) is 7.35. The fourth-order valence-corrected chi connectivity index (χ4v) is 3.61. The second-order valence-corrected chi connectivity index (χ2v) is 7.35. The number of fused-ring (bicyclic) bond motifs is 1. The maximum absolute atomic E-state index is 12.0. The Balaban J connectivity index is 1.57. The Morgan fingerprint density at radius 1 is 1.08 bits per heavy atom. The predicted octanol–water partition coefficient (Wildman–Crippen LogP) is 2.27. The van der Waals surface area contributed by atoms with E-state index < -0.39 is 0 Å². The van der Waals surface area contributed by atoms with Crippen molar-refractivity contribution in [2.45, 2.75) is 52.5 Å². The van der Waals surface area contributed by atoms with Crippen LogP contribution in [-0.2, 0) is 11.3 Å². The summed E-state index contributed by atoms with van der Waals surface area (Å²) in [5.74, 6) is 0.306. The molecule has 5 nitrogen and oxygen atoms in total. The molecule has 2 aromatic rings. The minimum absolute atomic E-state index is 0.292. The van der Waals surface area contributed by atoms with Crippen molar-refractivity contribution < 1.29 is 14.5 Å². The number of benzene rings is 1. The van der Waals surface area contributed by atoms with Crippen molar-refractivity contribution in [3.8, 4) is 0 Å². The van der Waals surface area contributed by atoms with Gasteiger partial charge in [-0.05, 0) is 49.9 Å². The van der Waals surface area contributed by atoms with Crippen LogP contribution >= 0.6 is 0 Å². The molecule has 5 heteroatoms. The van der Waals surface area contributed by atoms with Gasteiger partial charge in [0, 0.05) is 42.9 Å². The quantitative estimate of drug-likeness (QED) is 0.637. The summed E-state index contributed by atoms with van der Waals surface area (Å²) in [6, 6.07) is 5.65. The first-order valence-electron chi connectivity index (χ1n) is 9.68. The third kappa shape index (κ3) is 4.52. The molecule has 1 aromatic carbocycles. The van der Waals surface area contributed by atoms with Gasteiger partial charge >= 0.3 is 5.63 Å². The molecule has 0 unspecified atom stereocenters. The van der Waals surface area contributed by atoms with Gasteiger partial charge in [0.2, 0.25) is 5.91 Å². The molecule has 140 valence electrons. The third-order valence-electron chi connectivity index (χ3n) is 5.32. The van der Waals surface area contributed by atoms with E-state index in [9.17, 15) is 9.59 Å². The van der Waals surface area contributed by atoms with Crippen molar-refractivity contribution in [3.05, 3.63) is 45.3 Å². The number of hydrogen-bond acceptors (Lipinski definition) is 3. The van der Waals surface area contributed by atoms with Gasteiger partial charge < -0.3 is 14.6 Å². The number of quaternary nitrogens is 1. The molecule has 0 saturated carbocycles. The highest BCUT2D eigenvalue weighted by atomic mass is 16.4. The zero-order valence-electron chi connectivity index (χ0n) is 15.8. The lowest BCUT2D eigenvalue weighted by molar-refractivity contribution is -0.670. The molecular formula is C21H29N2O3+. The van der Waals surface area contributed by atoms with Crippen LogP contribution in [0.1, 0.15) is 48.8 Å². The Morgan fingerprint density at radius 2 is 1.88 bits per heavy atom. The fourth-order valence-electron chi connectivity index (χ4n) is 3.61. The van der Waals surface area contributed by atoms with Gasteiger partial charge in [-0.2, -0.15) is 0 Å². The summed E-state index contributed by atoms with van der Waals surface area (Å²) in [6.07, 6.45) is 5.00. The summed E-state index contributed by atoms with van der Waals surface area (Å²) < 4.78 is 5.35. The Bertz CT molecular complexity index is 841. The van der Waals surface area contributed by atoms with E-state index in [-0.39, 0.29) is 5.63 Å². The molecular weight excluding hydrogens is 328 g/mol. The first kappa shape index (κ1) is 18.6. The molecule has 0 atom stereocenters. The molecule has 1 saturated heterocycles. The molecule has 1 aliphatic rings. The number of rotatable bonds is 6. The number of nitrogens with zero attached hydrogens (tertiary/aromatic N) is 1. The van der Waals surface area contributed by atoms with E-state index in [0.717, 1.165) is 68.4 Å². The number of amides is 1. The molecule has 0 spiro atoms. The zero-order chi connectivity index (χ0) is 18.5. The average Bonchev–Trinajstić information content (AvgIpc) is 2.80. The Kier molecular flexibility index (Phi) is 6.09. The molecule has 1 fully saturated rings. The van der Waals surface area contributed by atoms with Gasteiger partial charge in [-0.1, -0.05) is 6.42 Å². The molecule has 1 aliphatic heterocycles. The minimum Gasteiger partial charge on any atom is -0.423 e. The fraction of sp³-hybridized carbons (Fsp3) is 0.524. The van der Waals surface area contributed by atoms with Crippen LogP contribution in [0.25, 0.3) is 11.0 Å². The van der Waals surface area contributed by atoms with Crippen LogP contribution in [0.2, 0.25) is 0 Å². The van der Waals surface area contributed by atoms with Crippen LogP contribution in [0.4, 0.5) is 0 Å². The van der Waals surface area contributed by atoms with Gasteiger partial charge in [0.25, 0.3) is 0 Å². The van der Waals surface area contributed by atoms with Crippen molar-refractivity contribution in [1.82, 2.24) is 4.90 Å². The normalized spacial score (nSPS) is 15.5. The number of nitrogens with two attached hydrogens (primary N) is 1. The molecule has 3 rings (SSSR count). The highest BCUT2D eigenvalue weighted by molar-refractivity contribution is 5.81. The van der Waals surface area contributed by atoms with Gasteiger partial charge in [0.15, 0.2) is 0 Å². The summed E-state index contributed by atoms with van der Waals surface area (Å²) in [6.45, 7) is 7.53. The summed E-state index contributed by atoms with van der Waals surface area (Å²) >= 11 is 0. The molecule has 0 radical (unpaired) electrons. The van der Waals surface area contributed by atoms with E-state index in [0.29, 0.717) is 17.9 Å². The molecule has 1 aromatic heterocycles. The smallest absolute Gasteiger partial charge is 0.336 e. The highest BCUT2D eigenvalue weighted by Gasteiger charge is 2.16. The molecule has 0 aliphatic carbocycles. The van der Waals surface area contributed by atoms with Crippen LogP contribution in [-0.4, -0.2) is 30.4 Å². The Morgan fingerprint density at radius 3 is 2.73 bits per heavy atom. The molecule has 26 heavy (non-hydrogen) atoms. The lowest BCUT2D eigenvalue weighted by Gasteiger charge is -2.19. The zero-order valence-corrected chi connectivity index (χ0v) is 15.8. The Hall–Kier alpha value is -2.14. The van der Waals surface area contributed by atoms with Crippen LogP contribution in [0.5, 0.6) is 0 Å². The van der Waals surface area contributed by atoms with E-state index in [1.165, 1.54) is 5.56 Å². The topological polar surface area (TPSA) is 67.1 Å². The lowest BCUT2D eigenvalue weighted by Crippen LogP contribution is -2.82. The summed E-state index contributed by atoms with van der Waals surface area (Å²) in [7, 11) is 0. The third-order valence-corrected chi connectivity index (χ3v) is 5.32. The second kappa shape index (κ2) is 8.49. The van der Waals surface area contributed by atoms with Crippen molar-refractivity contribution in [2.75, 3.05) is 19.6 Å². The summed E-state index contributed by atoms with van der Waals surface area (Å²) in [5, 5.41) is 3.23. The standard InChI is InChI=1S/C21H28N2O3/c1-15-11-18-17(13-21(25)26-19(18)12-16(15)2)14-22-8-6-10-23-9-5-3-4-7-20(23)24/h11-13,22H,3-10,14H2,1-2H3/p+1. The van der Waals surface area contributed by atoms with Crippen LogP contribution < -0.4 is 10.9 Å². The SMILES string of the molecule is Cc1cc2oc(=O)cc(C[NH2+]CCCN3CCCCCC3=O)c2cc1C. The number of aryl methyl sites for hydroxylation is 2. The van der Waals surface area contributed by atoms with Crippen molar-refractivity contribution >= 4 is 16.9 Å². The molecule has 2 heterocycles. The van der Waals surface area contributed by atoms with E-state index in [4.69, 9.17) is 4.42 Å². The van der Waals surface area contributed by atoms with Crippen LogP contribution in [0.3, 0.4) is 0 Å². The van der Waals surface area contributed by atoms with Crippen molar-refractivity contribution in [1.29, 1.82) is 0 Å². The van der Waals surface area contributed by atoms with E-state index in [1.807, 2.05) is 17.9 Å². The molecule has 1 amide bonds. The van der Waals surface area contributed by atoms with Gasteiger partial charge in [-0.25, -0.2) is 4.79 Å². The summed E-state index contributed by atoms with van der Waals surface area (Å²) in [4.78, 5) is 25.9. The minimum atomic E-state index is -0.292. The number of likely N-dealkylation sites (tertiary alicyclic amines) is 1. The predicted molar refractivity (Wildman–Crippen MR) is 102 cm³/mol. The van der Waals surface area contributed by atoms with Gasteiger partial charge in [-0.3, -0.25) is 4.79 Å². The van der Waals surface area contributed by atoms with E-state index in [1.54, 1.807) is 6.07 Å². The van der Waals surface area contributed by atoms with Gasteiger partial charge in [-0.15, -0.1) is 0 Å². The number of carbonyl (C=O) groups excluding carboxylic acids is 1. The van der Waals surface area contributed by atoms with Gasteiger partial charge in [0.1, 0.15) is 12.1 Å². The largest absolute Gasteiger partial charge is 0.423 e. The number of hydrogen-bond donors (Lipinski definition) is 1. The number of carbonyl (C=O) groups is 1. The lowest BCUT2D eigenvalue weighted by atomic mass is 10.0. The van der Waals surface area contributed by atoms with Gasteiger partial charge in [0.05, 0.1) is 6.54 Å². The monoisotopic (exact) mass is 357 g/mol. The Labute approximate surface area is 154 Å². The van der Waals surface area contributed by atoms with E-state index in [2.05, 4.69) is 18.3 Å². The van der Waals surface area contributed by atoms with Crippen molar-refractivity contribution in [2.24, 2.45) is 0 Å². The summed E-state index contributed by atoms with van der Waals surface area (Å²) in [5.41, 5.74) is 3.72. The average molecular weight is 357 g/mol. The highest BCUT2D eigenvalue weighted by Crippen LogP contribution is 2.21. The van der Waals surface area contributed by atoms with Crippen LogP contribution in [0.15, 0.2) is 27.4 Å². The van der Waals surface area contributed by atoms with E-state index >= 15 is 0 Å². The maximum Gasteiger partial charge on any atom is 0.336 e. The van der Waals surface area contributed by atoms with Crippen molar-refractivity contribution in [3.63, 3.8) is 0 Å². The van der Waals surface area contributed by atoms with Crippen LogP contribution in [0, 0.1) is 13.8 Å².